The van der Waals surface area contributed by atoms with Crippen LogP contribution in [0.4, 0.5) is 5.82 Å². The number of nitrogens with zero attached hydrogens (tertiary/aromatic N) is 3. The van der Waals surface area contributed by atoms with Gasteiger partial charge in [-0.05, 0) is 34.4 Å². The number of fused-ring (bicyclic) bond motifs is 1. The molecule has 3 aromatic carbocycles. The highest BCUT2D eigenvalue weighted by molar-refractivity contribution is 5.82. The van der Waals surface area contributed by atoms with Crippen LogP contribution < -0.4 is 4.90 Å². The number of anilines is 1. The zero-order chi connectivity index (χ0) is 18.8. The average Bonchev–Trinajstić information content (AvgIpc) is 2.80. The van der Waals surface area contributed by atoms with Crippen molar-refractivity contribution in [2.24, 2.45) is 0 Å². The molecule has 1 saturated heterocycles. The maximum Gasteiger partial charge on any atom is 0.148 e. The summed E-state index contributed by atoms with van der Waals surface area (Å²) in [5.74, 6) is 0.923. The molecule has 0 amide bonds. The van der Waals surface area contributed by atoms with E-state index in [0.29, 0.717) is 0 Å². The quantitative estimate of drug-likeness (QED) is 0.521. The third-order valence-corrected chi connectivity index (χ3v) is 5.19. The second-order valence-corrected chi connectivity index (χ2v) is 6.97. The molecule has 1 aliphatic rings. The molecule has 1 aromatic heterocycles. The summed E-state index contributed by atoms with van der Waals surface area (Å²) < 4.78 is 5.44. The van der Waals surface area contributed by atoms with Gasteiger partial charge in [0.05, 0.1) is 30.4 Å². The van der Waals surface area contributed by atoms with Crippen LogP contribution in [-0.2, 0) is 4.74 Å². The zero-order valence-corrected chi connectivity index (χ0v) is 15.6. The minimum Gasteiger partial charge on any atom is -0.378 e. The van der Waals surface area contributed by atoms with Crippen molar-refractivity contribution in [3.8, 4) is 22.3 Å². The number of benzene rings is 3. The first kappa shape index (κ1) is 16.9. The molecular weight excluding hydrogens is 346 g/mol. The van der Waals surface area contributed by atoms with E-state index in [4.69, 9.17) is 9.72 Å². The third-order valence-electron chi connectivity index (χ3n) is 5.19. The van der Waals surface area contributed by atoms with Crippen LogP contribution in [0.25, 0.3) is 33.3 Å². The van der Waals surface area contributed by atoms with E-state index in [1.807, 2.05) is 18.3 Å². The summed E-state index contributed by atoms with van der Waals surface area (Å²) in [4.78, 5) is 11.7. The molecule has 0 aliphatic carbocycles. The highest BCUT2D eigenvalue weighted by Gasteiger charge is 2.13. The van der Waals surface area contributed by atoms with Gasteiger partial charge in [-0.25, -0.2) is 4.98 Å². The van der Waals surface area contributed by atoms with Crippen LogP contribution in [0.5, 0.6) is 0 Å². The Hall–Kier alpha value is -3.24. The van der Waals surface area contributed by atoms with Gasteiger partial charge < -0.3 is 9.64 Å². The smallest absolute Gasteiger partial charge is 0.148 e. The predicted molar refractivity (Wildman–Crippen MR) is 113 cm³/mol. The number of aromatic nitrogens is 2. The molecule has 1 fully saturated rings. The molecule has 5 rings (SSSR count). The lowest BCUT2D eigenvalue weighted by Crippen LogP contribution is -2.36. The number of ether oxygens (including phenoxy) is 1. The van der Waals surface area contributed by atoms with E-state index in [-0.39, 0.29) is 0 Å². The third kappa shape index (κ3) is 3.35. The average molecular weight is 367 g/mol. The molecule has 0 spiro atoms. The van der Waals surface area contributed by atoms with Crippen LogP contribution in [0.3, 0.4) is 0 Å². The normalized spacial score (nSPS) is 14.4. The summed E-state index contributed by atoms with van der Waals surface area (Å²) in [5.41, 5.74) is 6.63. The van der Waals surface area contributed by atoms with Gasteiger partial charge >= 0.3 is 0 Å². The van der Waals surface area contributed by atoms with Crippen molar-refractivity contribution in [1.82, 2.24) is 9.97 Å². The van der Waals surface area contributed by atoms with Crippen LogP contribution in [0.2, 0.25) is 0 Å². The van der Waals surface area contributed by atoms with Gasteiger partial charge in [-0.15, -0.1) is 0 Å². The molecule has 0 N–H and O–H groups in total. The molecule has 4 aromatic rings. The predicted octanol–water partition coefficient (Wildman–Crippen LogP) is 4.80. The molecular formula is C24H21N3O. The van der Waals surface area contributed by atoms with Crippen molar-refractivity contribution in [3.05, 3.63) is 79.0 Å². The Bertz CT molecular complexity index is 1090. The molecule has 0 bridgehead atoms. The highest BCUT2D eigenvalue weighted by Crippen LogP contribution is 2.27. The van der Waals surface area contributed by atoms with Crippen LogP contribution in [-0.4, -0.2) is 36.3 Å². The second-order valence-electron chi connectivity index (χ2n) is 6.97. The van der Waals surface area contributed by atoms with E-state index >= 15 is 0 Å². The van der Waals surface area contributed by atoms with Gasteiger partial charge in [0.1, 0.15) is 5.82 Å². The lowest BCUT2D eigenvalue weighted by molar-refractivity contribution is 0.122. The molecule has 28 heavy (non-hydrogen) atoms. The Morgan fingerprint density at radius 3 is 2.07 bits per heavy atom. The largest absolute Gasteiger partial charge is 0.378 e. The van der Waals surface area contributed by atoms with Crippen molar-refractivity contribution in [2.45, 2.75) is 0 Å². The van der Waals surface area contributed by atoms with Gasteiger partial charge in [0, 0.05) is 13.1 Å². The lowest BCUT2D eigenvalue weighted by Gasteiger charge is -2.27. The Morgan fingerprint density at radius 1 is 0.679 bits per heavy atom. The fourth-order valence-electron chi connectivity index (χ4n) is 3.61. The molecule has 1 aliphatic heterocycles. The minimum absolute atomic E-state index is 0.744. The van der Waals surface area contributed by atoms with Crippen molar-refractivity contribution < 1.29 is 4.74 Å². The van der Waals surface area contributed by atoms with Crippen LogP contribution >= 0.6 is 0 Å². The van der Waals surface area contributed by atoms with Crippen LogP contribution in [0, 0.1) is 0 Å². The topological polar surface area (TPSA) is 38.2 Å². The number of morpholine rings is 1. The Kier molecular flexibility index (Phi) is 4.47. The summed E-state index contributed by atoms with van der Waals surface area (Å²) in [5, 5.41) is 0. The molecule has 4 nitrogen and oxygen atoms in total. The van der Waals surface area contributed by atoms with Gasteiger partial charge in [-0.3, -0.25) is 4.98 Å². The minimum atomic E-state index is 0.744. The van der Waals surface area contributed by atoms with E-state index in [2.05, 4.69) is 70.5 Å². The molecule has 138 valence electrons. The summed E-state index contributed by atoms with van der Waals surface area (Å²) in [6.07, 6.45) is 1.86. The van der Waals surface area contributed by atoms with Crippen molar-refractivity contribution in [2.75, 3.05) is 31.2 Å². The second kappa shape index (κ2) is 7.41. The van der Waals surface area contributed by atoms with Gasteiger partial charge in [-0.1, -0.05) is 60.7 Å². The first-order valence-corrected chi connectivity index (χ1v) is 9.62. The summed E-state index contributed by atoms with van der Waals surface area (Å²) in [6.45, 7) is 3.21. The van der Waals surface area contributed by atoms with Gasteiger partial charge in [0.2, 0.25) is 0 Å². The molecule has 4 heteroatoms. The Labute approximate surface area is 164 Å². The van der Waals surface area contributed by atoms with E-state index in [9.17, 15) is 0 Å². The van der Waals surface area contributed by atoms with Gasteiger partial charge in [-0.2, -0.15) is 0 Å². The van der Waals surface area contributed by atoms with Crippen molar-refractivity contribution in [1.29, 1.82) is 0 Å². The summed E-state index contributed by atoms with van der Waals surface area (Å²) in [7, 11) is 0. The zero-order valence-electron chi connectivity index (χ0n) is 15.6. The van der Waals surface area contributed by atoms with Gasteiger partial charge in [0.15, 0.2) is 0 Å². The number of hydrogen-bond donors (Lipinski definition) is 0. The van der Waals surface area contributed by atoms with Crippen molar-refractivity contribution in [3.63, 3.8) is 0 Å². The SMILES string of the molecule is c1ccc(-c2ccc(-c3ccc4ncc(N5CCOCC5)nc4c3)cc2)cc1. The molecule has 2 heterocycles. The maximum atomic E-state index is 5.44. The van der Waals surface area contributed by atoms with E-state index in [0.717, 1.165) is 48.7 Å². The first-order valence-electron chi connectivity index (χ1n) is 9.62. The fraction of sp³-hybridized carbons (Fsp3) is 0.167. The van der Waals surface area contributed by atoms with E-state index in [1.54, 1.807) is 0 Å². The Balaban J connectivity index is 1.46. The monoisotopic (exact) mass is 367 g/mol. The number of hydrogen-bond acceptors (Lipinski definition) is 4. The molecule has 0 atom stereocenters. The highest BCUT2D eigenvalue weighted by atomic mass is 16.5. The standard InChI is InChI=1S/C24H21N3O/c1-2-4-18(5-3-1)19-6-8-20(9-7-19)21-10-11-22-23(16-21)26-24(17-25-22)27-12-14-28-15-13-27/h1-11,16-17H,12-15H2. The van der Waals surface area contributed by atoms with Gasteiger partial charge in [0.25, 0.3) is 0 Å². The summed E-state index contributed by atoms with van der Waals surface area (Å²) in [6, 6.07) is 25.4. The maximum absolute atomic E-state index is 5.44. The molecule has 0 unspecified atom stereocenters. The number of rotatable bonds is 3. The fourth-order valence-corrected chi connectivity index (χ4v) is 3.61. The molecule has 0 radical (unpaired) electrons. The molecule has 0 saturated carbocycles. The van der Waals surface area contributed by atoms with E-state index in [1.165, 1.54) is 16.7 Å². The van der Waals surface area contributed by atoms with E-state index < -0.39 is 0 Å². The lowest BCUT2D eigenvalue weighted by atomic mass is 10.00. The van der Waals surface area contributed by atoms with Crippen molar-refractivity contribution >= 4 is 16.9 Å². The van der Waals surface area contributed by atoms with Crippen LogP contribution in [0.15, 0.2) is 79.0 Å². The summed E-state index contributed by atoms with van der Waals surface area (Å²) >= 11 is 0. The Morgan fingerprint density at radius 2 is 1.32 bits per heavy atom. The first-order chi connectivity index (χ1) is 13.9. The van der Waals surface area contributed by atoms with Crippen LogP contribution in [0.1, 0.15) is 0 Å².